The van der Waals surface area contributed by atoms with Crippen molar-refractivity contribution in [2.24, 2.45) is 0 Å². The molecule has 0 fully saturated rings. The maximum absolute atomic E-state index is 12.7. The number of carbonyl (C=O) groups is 1. The molecule has 0 spiro atoms. The van der Waals surface area contributed by atoms with Crippen LogP contribution in [0.2, 0.25) is 0 Å². The van der Waals surface area contributed by atoms with Crippen molar-refractivity contribution in [1.82, 2.24) is 15.0 Å². The number of aromatic nitrogens is 3. The maximum atomic E-state index is 12.7. The van der Waals surface area contributed by atoms with Gasteiger partial charge in [-0.1, -0.05) is 0 Å². The van der Waals surface area contributed by atoms with Gasteiger partial charge in [-0.2, -0.15) is 18.2 Å². The Morgan fingerprint density at radius 2 is 2.00 bits per heavy atom. The van der Waals surface area contributed by atoms with Crippen molar-refractivity contribution in [2.75, 3.05) is 22.6 Å². The summed E-state index contributed by atoms with van der Waals surface area (Å²) in [4.78, 5) is 26.5. The van der Waals surface area contributed by atoms with Gasteiger partial charge >= 0.3 is 6.18 Å². The Morgan fingerprint density at radius 3 is 2.62 bits per heavy atom. The van der Waals surface area contributed by atoms with Crippen LogP contribution < -0.4 is 20.3 Å². The van der Waals surface area contributed by atoms with Gasteiger partial charge in [-0.05, 0) is 45.4 Å². The molecule has 3 heterocycles. The molecule has 1 aliphatic carbocycles. The predicted octanol–water partition coefficient (Wildman–Crippen LogP) is 3.26. The van der Waals surface area contributed by atoms with Gasteiger partial charge in [0.1, 0.15) is 28.9 Å². The first kappa shape index (κ1) is 23.7. The summed E-state index contributed by atoms with van der Waals surface area (Å²) in [5, 5.41) is 16.5. The maximum Gasteiger partial charge on any atom is 0.433 e. The number of aryl methyl sites for hydroxylation is 1. The molecule has 0 saturated carbocycles. The van der Waals surface area contributed by atoms with Crippen LogP contribution in [-0.2, 0) is 11.0 Å². The lowest BCUT2D eigenvalue weighted by Gasteiger charge is -2.40. The SMILES string of the molecule is Cc1nc(N[C@H]2CC=C(Oc3ccc(C(F)(F)F)nc3)C2)nc2c1NC(=O)C(C(C)(C)O)N2C. The summed E-state index contributed by atoms with van der Waals surface area (Å²) in [7, 11) is 1.69. The molecular weight excluding hydrogens is 453 g/mol. The Balaban J connectivity index is 1.43. The zero-order chi connectivity index (χ0) is 24.8. The Labute approximate surface area is 194 Å². The lowest BCUT2D eigenvalue weighted by Crippen LogP contribution is -2.57. The van der Waals surface area contributed by atoms with Crippen LogP contribution in [0.3, 0.4) is 0 Å². The summed E-state index contributed by atoms with van der Waals surface area (Å²) < 4.78 is 43.7. The third-order valence-corrected chi connectivity index (χ3v) is 5.64. The van der Waals surface area contributed by atoms with Crippen molar-refractivity contribution in [3.8, 4) is 5.75 Å². The number of carbonyl (C=O) groups excluding carboxylic acids is 1. The Bertz CT molecular complexity index is 1130. The van der Waals surface area contributed by atoms with E-state index in [9.17, 15) is 23.1 Å². The van der Waals surface area contributed by atoms with E-state index in [1.54, 1.807) is 32.7 Å². The van der Waals surface area contributed by atoms with Crippen LogP contribution in [-0.4, -0.2) is 50.7 Å². The minimum Gasteiger partial charge on any atom is -0.460 e. The number of nitrogens with one attached hydrogen (secondary N) is 2. The van der Waals surface area contributed by atoms with E-state index in [-0.39, 0.29) is 17.7 Å². The summed E-state index contributed by atoms with van der Waals surface area (Å²) in [5.74, 6) is 1.31. The number of pyridine rings is 1. The Hall–Kier alpha value is -3.41. The number of anilines is 3. The molecular formula is C22H25F3N6O3. The molecule has 1 aliphatic heterocycles. The number of ether oxygens (including phenoxy) is 1. The van der Waals surface area contributed by atoms with E-state index >= 15 is 0 Å². The van der Waals surface area contributed by atoms with Gasteiger partial charge in [-0.25, -0.2) is 9.97 Å². The number of aliphatic hydroxyl groups is 1. The van der Waals surface area contributed by atoms with Crippen LogP contribution in [0, 0.1) is 6.92 Å². The molecule has 9 nitrogen and oxygen atoms in total. The molecule has 2 aliphatic rings. The highest BCUT2D eigenvalue weighted by atomic mass is 19.4. The molecule has 2 aromatic rings. The molecule has 2 atom stereocenters. The molecule has 0 saturated heterocycles. The van der Waals surface area contributed by atoms with E-state index in [1.165, 1.54) is 6.07 Å². The van der Waals surface area contributed by atoms with Crippen molar-refractivity contribution in [2.45, 2.75) is 57.5 Å². The van der Waals surface area contributed by atoms with Gasteiger partial charge in [-0.3, -0.25) is 4.79 Å². The summed E-state index contributed by atoms with van der Waals surface area (Å²) in [5.41, 5.74) is -1.22. The second kappa shape index (κ2) is 8.42. The Kier molecular flexibility index (Phi) is 5.88. The topological polar surface area (TPSA) is 112 Å². The van der Waals surface area contributed by atoms with E-state index in [1.807, 2.05) is 6.08 Å². The molecule has 4 rings (SSSR count). The van der Waals surface area contributed by atoms with Gasteiger partial charge in [0.05, 0.1) is 17.5 Å². The summed E-state index contributed by atoms with van der Waals surface area (Å²) in [6, 6.07) is 1.19. The van der Waals surface area contributed by atoms with Crippen LogP contribution in [0.25, 0.3) is 0 Å². The van der Waals surface area contributed by atoms with E-state index in [0.29, 0.717) is 41.7 Å². The first-order valence-electron chi connectivity index (χ1n) is 10.6. The first-order chi connectivity index (χ1) is 15.8. The monoisotopic (exact) mass is 478 g/mol. The average molecular weight is 478 g/mol. The van der Waals surface area contributed by atoms with Crippen molar-refractivity contribution < 1.29 is 27.8 Å². The number of hydrogen-bond donors (Lipinski definition) is 3. The lowest BCUT2D eigenvalue weighted by molar-refractivity contribution is -0.141. The number of fused-ring (bicyclic) bond motifs is 1. The number of likely N-dealkylation sites (N-methyl/N-ethyl adjacent to an activating group) is 1. The highest BCUT2D eigenvalue weighted by Crippen LogP contribution is 2.36. The first-order valence-corrected chi connectivity index (χ1v) is 10.6. The standard InChI is InChI=1S/C22H25F3N6O3/c1-11-16-18(31(4)17(19(32)29-16)21(2,3)33)30-20(27-11)28-12-5-6-13(9-12)34-14-7-8-15(26-10-14)22(23,24)25/h6-8,10,12,17,33H,5,9H2,1-4H3,(H,29,32)(H,27,28,30)/t12-,17?/m0/s1. The lowest BCUT2D eigenvalue weighted by atomic mass is 9.95. The van der Waals surface area contributed by atoms with Crippen LogP contribution >= 0.6 is 0 Å². The molecule has 0 aromatic carbocycles. The van der Waals surface area contributed by atoms with E-state index in [4.69, 9.17) is 4.74 Å². The number of rotatable bonds is 5. The molecule has 3 N–H and O–H groups in total. The van der Waals surface area contributed by atoms with Gasteiger partial charge in [0.25, 0.3) is 0 Å². The van der Waals surface area contributed by atoms with Gasteiger partial charge in [0.15, 0.2) is 5.82 Å². The second-order valence-corrected chi connectivity index (χ2v) is 8.92. The largest absolute Gasteiger partial charge is 0.460 e. The molecule has 0 radical (unpaired) electrons. The number of hydrogen-bond acceptors (Lipinski definition) is 8. The van der Waals surface area contributed by atoms with Gasteiger partial charge in [0.2, 0.25) is 11.9 Å². The molecule has 0 bridgehead atoms. The predicted molar refractivity (Wildman–Crippen MR) is 118 cm³/mol. The normalized spacial score (nSPS) is 20.5. The fraction of sp³-hybridized carbons (Fsp3) is 0.455. The number of amides is 1. The second-order valence-electron chi connectivity index (χ2n) is 8.92. The third-order valence-electron chi connectivity index (χ3n) is 5.64. The molecule has 1 unspecified atom stereocenters. The minimum atomic E-state index is -4.50. The van der Waals surface area contributed by atoms with E-state index in [2.05, 4.69) is 25.6 Å². The zero-order valence-corrected chi connectivity index (χ0v) is 19.1. The van der Waals surface area contributed by atoms with E-state index in [0.717, 1.165) is 12.3 Å². The van der Waals surface area contributed by atoms with Crippen LogP contribution in [0.4, 0.5) is 30.6 Å². The quantitative estimate of drug-likeness (QED) is 0.600. The van der Waals surface area contributed by atoms with Crippen molar-refractivity contribution in [1.29, 1.82) is 0 Å². The molecule has 34 heavy (non-hydrogen) atoms. The van der Waals surface area contributed by atoms with E-state index < -0.39 is 23.5 Å². The summed E-state index contributed by atoms with van der Waals surface area (Å²) in [6.07, 6.45) is -0.543. The van der Waals surface area contributed by atoms with Crippen molar-refractivity contribution in [3.63, 3.8) is 0 Å². The van der Waals surface area contributed by atoms with Gasteiger partial charge < -0.3 is 25.4 Å². The van der Waals surface area contributed by atoms with Crippen LogP contribution in [0.15, 0.2) is 30.2 Å². The zero-order valence-electron chi connectivity index (χ0n) is 19.1. The molecule has 182 valence electrons. The average Bonchev–Trinajstić information content (AvgIpc) is 3.14. The fourth-order valence-electron chi connectivity index (χ4n) is 4.13. The summed E-state index contributed by atoms with van der Waals surface area (Å²) >= 11 is 0. The van der Waals surface area contributed by atoms with Crippen LogP contribution in [0.5, 0.6) is 5.75 Å². The fourth-order valence-corrected chi connectivity index (χ4v) is 4.13. The Morgan fingerprint density at radius 1 is 1.26 bits per heavy atom. The number of nitrogens with zero attached hydrogens (tertiary/aromatic N) is 4. The highest BCUT2D eigenvalue weighted by Gasteiger charge is 2.42. The smallest absolute Gasteiger partial charge is 0.433 e. The van der Waals surface area contributed by atoms with Gasteiger partial charge in [0, 0.05) is 19.5 Å². The van der Waals surface area contributed by atoms with Crippen molar-refractivity contribution >= 4 is 23.4 Å². The van der Waals surface area contributed by atoms with Gasteiger partial charge in [-0.15, -0.1) is 0 Å². The number of halogens is 3. The van der Waals surface area contributed by atoms with Crippen LogP contribution in [0.1, 0.15) is 38.1 Å². The van der Waals surface area contributed by atoms with Crippen molar-refractivity contribution in [3.05, 3.63) is 41.6 Å². The highest BCUT2D eigenvalue weighted by molar-refractivity contribution is 6.04. The molecule has 1 amide bonds. The molecule has 12 heteroatoms. The molecule has 2 aromatic heterocycles. The summed E-state index contributed by atoms with van der Waals surface area (Å²) in [6.45, 7) is 4.87. The third kappa shape index (κ3) is 4.76. The minimum absolute atomic E-state index is 0.0941. The number of alkyl halides is 3.